The van der Waals surface area contributed by atoms with Gasteiger partial charge in [0.25, 0.3) is 5.91 Å². The monoisotopic (exact) mass is 298 g/mol. The predicted octanol–water partition coefficient (Wildman–Crippen LogP) is 3.08. The topological polar surface area (TPSA) is 64.3 Å². The van der Waals surface area contributed by atoms with Crippen LogP contribution in [0.5, 0.6) is 5.75 Å². The molecule has 0 radical (unpaired) electrons. The molecular weight excluding hydrogens is 276 g/mol. The summed E-state index contributed by atoms with van der Waals surface area (Å²) in [5, 5.41) is 2.85. The predicted molar refractivity (Wildman–Crippen MR) is 89.2 cm³/mol. The highest BCUT2D eigenvalue weighted by Crippen LogP contribution is 2.18. The van der Waals surface area contributed by atoms with E-state index in [9.17, 15) is 4.79 Å². The molecule has 0 saturated carbocycles. The van der Waals surface area contributed by atoms with Gasteiger partial charge in [0.1, 0.15) is 5.75 Å². The average Bonchev–Trinajstić information content (AvgIpc) is 2.49. The van der Waals surface area contributed by atoms with Crippen LogP contribution in [0.3, 0.4) is 0 Å². The van der Waals surface area contributed by atoms with Gasteiger partial charge in [-0.25, -0.2) is 0 Å². The second-order valence-electron chi connectivity index (χ2n) is 5.31. The number of carbonyl (C=O) groups excluding carboxylic acids is 1. The first-order valence-corrected chi connectivity index (χ1v) is 7.40. The summed E-state index contributed by atoms with van der Waals surface area (Å²) in [6, 6.07) is 13.2. The third kappa shape index (κ3) is 4.25. The second-order valence-corrected chi connectivity index (χ2v) is 5.31. The zero-order valence-electron chi connectivity index (χ0n) is 13.1. The lowest BCUT2D eigenvalue weighted by Crippen LogP contribution is -2.26. The Kier molecular flexibility index (Phi) is 5.42. The van der Waals surface area contributed by atoms with E-state index in [0.29, 0.717) is 24.4 Å². The molecule has 4 nitrogen and oxygen atoms in total. The van der Waals surface area contributed by atoms with E-state index in [1.54, 1.807) is 18.2 Å². The molecule has 0 spiro atoms. The number of para-hydroxylation sites is 1. The smallest absolute Gasteiger partial charge is 0.253 e. The Labute approximate surface area is 131 Å². The fourth-order valence-corrected chi connectivity index (χ4v) is 2.22. The summed E-state index contributed by atoms with van der Waals surface area (Å²) in [5.74, 6) is 0.744. The number of rotatable bonds is 6. The average molecular weight is 298 g/mol. The number of ether oxygens (including phenoxy) is 1. The van der Waals surface area contributed by atoms with Crippen LogP contribution >= 0.6 is 0 Å². The van der Waals surface area contributed by atoms with Crippen LogP contribution < -0.4 is 15.8 Å². The second kappa shape index (κ2) is 7.50. The summed E-state index contributed by atoms with van der Waals surface area (Å²) in [7, 11) is 0. The highest BCUT2D eigenvalue weighted by atomic mass is 16.5. The molecule has 0 aliphatic heterocycles. The Bertz CT molecular complexity index is 653. The van der Waals surface area contributed by atoms with Crippen molar-refractivity contribution in [1.29, 1.82) is 0 Å². The van der Waals surface area contributed by atoms with Crippen LogP contribution in [0.25, 0.3) is 0 Å². The minimum atomic E-state index is -0.149. The van der Waals surface area contributed by atoms with E-state index in [1.807, 2.05) is 25.1 Å². The number of hydrogen-bond donors (Lipinski definition) is 2. The van der Waals surface area contributed by atoms with Crippen molar-refractivity contribution in [3.05, 3.63) is 59.2 Å². The quantitative estimate of drug-likeness (QED) is 0.636. The Hall–Kier alpha value is -2.49. The van der Waals surface area contributed by atoms with Gasteiger partial charge < -0.3 is 15.8 Å². The lowest BCUT2D eigenvalue weighted by Gasteiger charge is -2.10. The summed E-state index contributed by atoms with van der Waals surface area (Å²) in [4.78, 5) is 12.0. The highest BCUT2D eigenvalue weighted by Gasteiger charge is 2.07. The molecule has 2 rings (SSSR count). The van der Waals surface area contributed by atoms with Crippen LogP contribution in [0, 0.1) is 13.8 Å². The van der Waals surface area contributed by atoms with Gasteiger partial charge in [-0.05, 0) is 44.0 Å². The van der Waals surface area contributed by atoms with Gasteiger partial charge in [-0.3, -0.25) is 4.79 Å². The SMILES string of the molecule is Cc1ccc(OCCCNC(=O)c2ccccc2N)c(C)c1. The molecule has 2 aromatic rings. The largest absolute Gasteiger partial charge is 0.493 e. The standard InChI is InChI=1S/C18H22N2O2/c1-13-8-9-17(14(2)12-13)22-11-5-10-20-18(21)15-6-3-4-7-16(15)19/h3-4,6-9,12H,5,10-11,19H2,1-2H3,(H,20,21). The van der Waals surface area contributed by atoms with Gasteiger partial charge in [0, 0.05) is 12.2 Å². The molecule has 22 heavy (non-hydrogen) atoms. The Morgan fingerprint density at radius 3 is 2.68 bits per heavy atom. The lowest BCUT2D eigenvalue weighted by atomic mass is 10.1. The van der Waals surface area contributed by atoms with Gasteiger partial charge in [-0.15, -0.1) is 0 Å². The van der Waals surface area contributed by atoms with E-state index in [4.69, 9.17) is 10.5 Å². The van der Waals surface area contributed by atoms with E-state index < -0.39 is 0 Å². The van der Waals surface area contributed by atoms with E-state index in [0.717, 1.165) is 17.7 Å². The summed E-state index contributed by atoms with van der Waals surface area (Å²) in [5.41, 5.74) is 9.12. The number of amides is 1. The van der Waals surface area contributed by atoms with Crippen LogP contribution in [-0.4, -0.2) is 19.1 Å². The number of aryl methyl sites for hydroxylation is 2. The number of carbonyl (C=O) groups is 1. The van der Waals surface area contributed by atoms with Gasteiger partial charge in [-0.1, -0.05) is 29.8 Å². The van der Waals surface area contributed by atoms with Crippen molar-refractivity contribution in [1.82, 2.24) is 5.32 Å². The van der Waals surface area contributed by atoms with Gasteiger partial charge in [0.05, 0.1) is 12.2 Å². The van der Waals surface area contributed by atoms with Crippen molar-refractivity contribution < 1.29 is 9.53 Å². The van der Waals surface area contributed by atoms with Crippen LogP contribution in [0.2, 0.25) is 0 Å². The molecule has 0 aliphatic rings. The van der Waals surface area contributed by atoms with Crippen molar-refractivity contribution in [2.75, 3.05) is 18.9 Å². The molecule has 1 amide bonds. The maximum absolute atomic E-state index is 12.0. The molecule has 0 bridgehead atoms. The van der Waals surface area contributed by atoms with Crippen LogP contribution in [-0.2, 0) is 0 Å². The summed E-state index contributed by atoms with van der Waals surface area (Å²) >= 11 is 0. The van der Waals surface area contributed by atoms with E-state index in [2.05, 4.69) is 18.3 Å². The fourth-order valence-electron chi connectivity index (χ4n) is 2.22. The van der Waals surface area contributed by atoms with Gasteiger partial charge in [0.2, 0.25) is 0 Å². The highest BCUT2D eigenvalue weighted by molar-refractivity contribution is 5.98. The molecular formula is C18H22N2O2. The van der Waals surface area contributed by atoms with E-state index in [1.165, 1.54) is 5.56 Å². The molecule has 0 fully saturated rings. The number of hydrogen-bond acceptors (Lipinski definition) is 3. The zero-order chi connectivity index (χ0) is 15.9. The minimum Gasteiger partial charge on any atom is -0.493 e. The zero-order valence-corrected chi connectivity index (χ0v) is 13.1. The number of benzene rings is 2. The lowest BCUT2D eigenvalue weighted by molar-refractivity contribution is 0.0952. The van der Waals surface area contributed by atoms with Gasteiger partial charge in [-0.2, -0.15) is 0 Å². The van der Waals surface area contributed by atoms with Crippen molar-refractivity contribution >= 4 is 11.6 Å². The normalized spacial score (nSPS) is 10.3. The molecule has 0 aromatic heterocycles. The molecule has 0 saturated heterocycles. The summed E-state index contributed by atoms with van der Waals surface area (Å²) in [6.07, 6.45) is 0.742. The maximum Gasteiger partial charge on any atom is 0.253 e. The van der Waals surface area contributed by atoms with Crippen LogP contribution in [0.4, 0.5) is 5.69 Å². The molecule has 3 N–H and O–H groups in total. The minimum absolute atomic E-state index is 0.149. The third-order valence-corrected chi connectivity index (χ3v) is 3.40. The number of nitrogen functional groups attached to an aromatic ring is 1. The van der Waals surface area contributed by atoms with Gasteiger partial charge >= 0.3 is 0 Å². The summed E-state index contributed by atoms with van der Waals surface area (Å²) < 4.78 is 5.73. The summed E-state index contributed by atoms with van der Waals surface area (Å²) in [6.45, 7) is 5.20. The Morgan fingerprint density at radius 2 is 1.95 bits per heavy atom. The van der Waals surface area contributed by atoms with Crippen LogP contribution in [0.15, 0.2) is 42.5 Å². The third-order valence-electron chi connectivity index (χ3n) is 3.40. The maximum atomic E-state index is 12.0. The van der Waals surface area contributed by atoms with Crippen LogP contribution in [0.1, 0.15) is 27.9 Å². The Morgan fingerprint density at radius 1 is 1.18 bits per heavy atom. The van der Waals surface area contributed by atoms with Gasteiger partial charge in [0.15, 0.2) is 0 Å². The number of nitrogens with one attached hydrogen (secondary N) is 1. The fraction of sp³-hybridized carbons (Fsp3) is 0.278. The Balaban J connectivity index is 1.73. The first-order valence-electron chi connectivity index (χ1n) is 7.40. The van der Waals surface area contributed by atoms with Crippen molar-refractivity contribution in [3.8, 4) is 5.75 Å². The van der Waals surface area contributed by atoms with Crippen molar-refractivity contribution in [2.45, 2.75) is 20.3 Å². The van der Waals surface area contributed by atoms with E-state index in [-0.39, 0.29) is 5.91 Å². The molecule has 0 heterocycles. The molecule has 4 heteroatoms. The number of nitrogens with two attached hydrogens (primary N) is 1. The molecule has 116 valence electrons. The first-order chi connectivity index (χ1) is 10.6. The molecule has 0 atom stereocenters. The first kappa shape index (κ1) is 15.9. The van der Waals surface area contributed by atoms with E-state index >= 15 is 0 Å². The molecule has 0 unspecified atom stereocenters. The molecule has 2 aromatic carbocycles. The van der Waals surface area contributed by atoms with Crippen molar-refractivity contribution in [2.24, 2.45) is 0 Å². The number of anilines is 1. The van der Waals surface area contributed by atoms with Crippen molar-refractivity contribution in [3.63, 3.8) is 0 Å². The molecule has 0 aliphatic carbocycles.